The molecule has 2 N–H and O–H groups in total. The number of anilines is 2. The first kappa shape index (κ1) is 30.6. The Morgan fingerprint density at radius 2 is 1.60 bits per heavy atom. The van der Waals surface area contributed by atoms with Crippen LogP contribution in [0.4, 0.5) is 15.8 Å². The van der Waals surface area contributed by atoms with E-state index in [2.05, 4.69) is 20.9 Å². The van der Waals surface area contributed by atoms with Crippen LogP contribution in [-0.4, -0.2) is 52.9 Å². The second-order valence-corrected chi connectivity index (χ2v) is 10.2. The van der Waals surface area contributed by atoms with Gasteiger partial charge in [0, 0.05) is 36.0 Å². The van der Waals surface area contributed by atoms with Crippen LogP contribution >= 0.6 is 0 Å². The zero-order valence-corrected chi connectivity index (χ0v) is 24.7. The van der Waals surface area contributed by atoms with Gasteiger partial charge in [0.05, 0.1) is 13.3 Å². The van der Waals surface area contributed by atoms with Gasteiger partial charge in [0.25, 0.3) is 5.91 Å². The van der Waals surface area contributed by atoms with Gasteiger partial charge in [-0.25, -0.2) is 9.07 Å². The molecule has 0 saturated carbocycles. The second kappa shape index (κ2) is 14.1. The van der Waals surface area contributed by atoms with Crippen molar-refractivity contribution in [2.75, 3.05) is 24.4 Å². The summed E-state index contributed by atoms with van der Waals surface area (Å²) < 4.78 is 19.8. The van der Waals surface area contributed by atoms with E-state index in [1.54, 1.807) is 68.9 Å². The van der Waals surface area contributed by atoms with Crippen LogP contribution in [0.2, 0.25) is 0 Å². The number of carbonyl (C=O) groups excluding carboxylic acids is 3. The summed E-state index contributed by atoms with van der Waals surface area (Å²) in [4.78, 5) is 40.6. The molecular formula is C34H31FN6O4. The molecular weight excluding hydrogens is 575 g/mol. The lowest BCUT2D eigenvalue weighted by molar-refractivity contribution is -0.127. The van der Waals surface area contributed by atoms with E-state index in [0.717, 1.165) is 11.1 Å². The Kier molecular flexibility index (Phi) is 9.58. The number of hydrogen-bond donors (Lipinski definition) is 2. The number of rotatable bonds is 11. The molecule has 0 bridgehead atoms. The highest BCUT2D eigenvalue weighted by atomic mass is 19.1. The van der Waals surface area contributed by atoms with Gasteiger partial charge >= 0.3 is 0 Å². The van der Waals surface area contributed by atoms with E-state index in [1.807, 2.05) is 30.3 Å². The highest BCUT2D eigenvalue weighted by Gasteiger charge is 2.26. The average molecular weight is 607 g/mol. The number of benzene rings is 4. The molecule has 0 aliphatic rings. The van der Waals surface area contributed by atoms with Crippen molar-refractivity contribution in [1.82, 2.24) is 20.3 Å². The number of carbonyl (C=O) groups is 3. The van der Waals surface area contributed by atoms with Gasteiger partial charge in [-0.05, 0) is 66.2 Å². The molecule has 0 aliphatic heterocycles. The van der Waals surface area contributed by atoms with Crippen molar-refractivity contribution in [1.29, 1.82) is 0 Å². The third kappa shape index (κ3) is 7.96. The number of likely N-dealkylation sites (N-methyl/N-ethyl adjacent to an activating group) is 1. The Bertz CT molecular complexity index is 1760. The molecule has 1 heterocycles. The molecule has 4 aromatic carbocycles. The Morgan fingerprint density at radius 3 is 2.27 bits per heavy atom. The van der Waals surface area contributed by atoms with Crippen molar-refractivity contribution in [3.8, 4) is 17.0 Å². The molecule has 3 amide bonds. The molecule has 0 radical (unpaired) electrons. The predicted octanol–water partition coefficient (Wildman–Crippen LogP) is 4.74. The lowest BCUT2D eigenvalue weighted by atomic mass is 10.0. The maximum atomic E-state index is 13.6. The highest BCUT2D eigenvalue weighted by Crippen LogP contribution is 2.21. The van der Waals surface area contributed by atoms with Crippen molar-refractivity contribution in [3.05, 3.63) is 126 Å². The van der Waals surface area contributed by atoms with Crippen molar-refractivity contribution >= 4 is 29.1 Å². The molecule has 0 spiro atoms. The number of nitrogens with one attached hydrogen (secondary N) is 2. The fraction of sp³-hybridized carbons (Fsp3) is 0.147. The van der Waals surface area contributed by atoms with Crippen molar-refractivity contribution in [2.45, 2.75) is 19.0 Å². The van der Waals surface area contributed by atoms with Crippen LogP contribution in [-0.2, 0) is 22.6 Å². The monoisotopic (exact) mass is 606 g/mol. The Balaban J connectivity index is 1.23. The molecule has 1 unspecified atom stereocenters. The molecule has 5 aromatic rings. The first-order valence-corrected chi connectivity index (χ1v) is 14.1. The Morgan fingerprint density at radius 1 is 0.911 bits per heavy atom. The van der Waals surface area contributed by atoms with E-state index in [0.29, 0.717) is 34.8 Å². The highest BCUT2D eigenvalue weighted by molar-refractivity contribution is 6.04. The van der Waals surface area contributed by atoms with E-state index in [4.69, 9.17) is 4.74 Å². The molecule has 0 saturated heterocycles. The van der Waals surface area contributed by atoms with Crippen LogP contribution in [0.15, 0.2) is 109 Å². The fourth-order valence-corrected chi connectivity index (χ4v) is 4.64. The molecule has 45 heavy (non-hydrogen) atoms. The van der Waals surface area contributed by atoms with E-state index in [-0.39, 0.29) is 18.4 Å². The fourth-order valence-electron chi connectivity index (χ4n) is 4.64. The van der Waals surface area contributed by atoms with E-state index in [1.165, 1.54) is 33.8 Å². The number of hydrogen-bond acceptors (Lipinski definition) is 6. The van der Waals surface area contributed by atoms with Gasteiger partial charge in [0.15, 0.2) is 0 Å². The van der Waals surface area contributed by atoms with E-state index < -0.39 is 17.8 Å². The molecule has 10 nitrogen and oxygen atoms in total. The maximum Gasteiger partial charge on any atom is 0.255 e. The zero-order valence-electron chi connectivity index (χ0n) is 24.7. The number of amides is 3. The Labute approximate surface area is 259 Å². The standard InChI is InChI=1S/C34H31FN6O4/c1-40(28-16-18-29(45-2)19-17-28)34(44)30(20-23-6-4-3-5-7-23)37-32(42)22-41-21-31(38-39-41)24-10-14-27(15-11-24)36-33(43)25-8-12-26(35)13-9-25/h3-19,21,30H,20,22H2,1-2H3,(H,36,43)(H,37,42). The first-order valence-electron chi connectivity index (χ1n) is 14.1. The molecule has 5 rings (SSSR count). The number of ether oxygens (including phenoxy) is 1. The summed E-state index contributed by atoms with van der Waals surface area (Å²) in [6.07, 6.45) is 1.93. The smallest absolute Gasteiger partial charge is 0.255 e. The third-order valence-electron chi connectivity index (χ3n) is 7.10. The SMILES string of the molecule is COc1ccc(N(C)C(=O)C(Cc2ccccc2)NC(=O)Cn2cc(-c3ccc(NC(=O)c4ccc(F)cc4)cc3)nn2)cc1. The van der Waals surface area contributed by atoms with Crippen molar-refractivity contribution < 1.29 is 23.5 Å². The molecule has 228 valence electrons. The molecule has 0 fully saturated rings. The molecule has 0 aliphatic carbocycles. The number of nitrogens with zero attached hydrogens (tertiary/aromatic N) is 4. The largest absolute Gasteiger partial charge is 0.497 e. The van der Waals surface area contributed by atoms with Crippen LogP contribution in [0.3, 0.4) is 0 Å². The van der Waals surface area contributed by atoms with Gasteiger partial charge < -0.3 is 20.3 Å². The number of aromatic nitrogens is 3. The summed E-state index contributed by atoms with van der Waals surface area (Å²) in [5.74, 6) is -0.783. The van der Waals surface area contributed by atoms with Crippen LogP contribution in [0.1, 0.15) is 15.9 Å². The summed E-state index contributed by atoms with van der Waals surface area (Å²) in [5.41, 5.74) is 3.69. The molecule has 11 heteroatoms. The third-order valence-corrected chi connectivity index (χ3v) is 7.10. The summed E-state index contributed by atoms with van der Waals surface area (Å²) in [6, 6.07) is 28.0. The first-order chi connectivity index (χ1) is 21.8. The minimum atomic E-state index is -0.826. The maximum absolute atomic E-state index is 13.6. The van der Waals surface area contributed by atoms with Gasteiger partial charge in [0.2, 0.25) is 11.8 Å². The molecule has 1 atom stereocenters. The quantitative estimate of drug-likeness (QED) is 0.224. The van der Waals surface area contributed by atoms with Crippen LogP contribution < -0.4 is 20.3 Å². The lowest BCUT2D eigenvalue weighted by Gasteiger charge is -2.25. The minimum Gasteiger partial charge on any atom is -0.497 e. The Hall–Kier alpha value is -5.84. The summed E-state index contributed by atoms with van der Waals surface area (Å²) >= 11 is 0. The summed E-state index contributed by atoms with van der Waals surface area (Å²) in [5, 5.41) is 13.9. The van der Waals surface area contributed by atoms with Gasteiger partial charge in [-0.15, -0.1) is 5.10 Å². The van der Waals surface area contributed by atoms with E-state index in [9.17, 15) is 18.8 Å². The number of methoxy groups -OCH3 is 1. The summed E-state index contributed by atoms with van der Waals surface area (Å²) in [7, 11) is 3.24. The lowest BCUT2D eigenvalue weighted by Crippen LogP contribution is -2.49. The van der Waals surface area contributed by atoms with Crippen LogP contribution in [0, 0.1) is 5.82 Å². The van der Waals surface area contributed by atoms with Gasteiger partial charge in [-0.2, -0.15) is 0 Å². The van der Waals surface area contributed by atoms with Crippen molar-refractivity contribution in [3.63, 3.8) is 0 Å². The van der Waals surface area contributed by atoms with Crippen LogP contribution in [0.25, 0.3) is 11.3 Å². The number of halogens is 1. The van der Waals surface area contributed by atoms with Gasteiger partial charge in [0.1, 0.15) is 29.8 Å². The van der Waals surface area contributed by atoms with Gasteiger partial charge in [-0.1, -0.05) is 47.7 Å². The predicted molar refractivity (Wildman–Crippen MR) is 168 cm³/mol. The zero-order chi connectivity index (χ0) is 31.8. The average Bonchev–Trinajstić information content (AvgIpc) is 3.53. The topological polar surface area (TPSA) is 118 Å². The molecule has 1 aromatic heterocycles. The van der Waals surface area contributed by atoms with Crippen molar-refractivity contribution in [2.24, 2.45) is 0 Å². The normalized spacial score (nSPS) is 11.4. The van der Waals surface area contributed by atoms with Crippen LogP contribution in [0.5, 0.6) is 5.75 Å². The second-order valence-electron chi connectivity index (χ2n) is 10.2. The minimum absolute atomic E-state index is 0.149. The van der Waals surface area contributed by atoms with Gasteiger partial charge in [-0.3, -0.25) is 14.4 Å². The summed E-state index contributed by atoms with van der Waals surface area (Å²) in [6.45, 7) is -0.149. The van der Waals surface area contributed by atoms with E-state index >= 15 is 0 Å².